The topological polar surface area (TPSA) is 23.0 Å². The predicted molar refractivity (Wildman–Crippen MR) is 213 cm³/mol. The minimum Gasteiger partial charge on any atom is -0.456 e. The third-order valence-electron chi connectivity index (χ3n) is 10.5. The van der Waals surface area contributed by atoms with Crippen molar-refractivity contribution in [2.75, 3.05) is 0 Å². The Morgan fingerprint density at radius 3 is 1.12 bits per heavy atom. The van der Waals surface area contributed by atoms with Gasteiger partial charge in [0.15, 0.2) is 0 Å². The van der Waals surface area contributed by atoms with Crippen molar-refractivity contribution in [2.24, 2.45) is 0 Å². The lowest BCUT2D eigenvalue weighted by Crippen LogP contribution is -2.00. The molecule has 0 atom stereocenters. The summed E-state index contributed by atoms with van der Waals surface area (Å²) in [4.78, 5) is 0. The molecule has 0 saturated heterocycles. The third-order valence-corrected chi connectivity index (χ3v) is 10.5. The van der Waals surface area contributed by atoms with E-state index in [2.05, 4.69) is 191 Å². The van der Waals surface area contributed by atoms with E-state index in [1.807, 2.05) is 0 Å². The van der Waals surface area contributed by atoms with Gasteiger partial charge in [-0.2, -0.15) is 0 Å². The molecular weight excluding hydrogens is 621 g/mol. The van der Waals surface area contributed by atoms with E-state index < -0.39 is 0 Å². The fourth-order valence-electron chi connectivity index (χ4n) is 8.19. The van der Waals surface area contributed by atoms with Crippen LogP contribution in [-0.2, 0) is 0 Å². The summed E-state index contributed by atoms with van der Waals surface area (Å²) in [6, 6.07) is 65.6. The second kappa shape index (κ2) is 10.8. The lowest BCUT2D eigenvalue weighted by Gasteiger charge is -2.16. The Hall–Kier alpha value is -6.84. The zero-order chi connectivity index (χ0) is 33.5. The number of rotatable bonds is 4. The van der Waals surface area contributed by atoms with Crippen molar-refractivity contribution in [2.45, 2.75) is 0 Å². The Labute approximate surface area is 293 Å². The van der Waals surface area contributed by atoms with E-state index in [0.717, 1.165) is 44.4 Å². The SMILES string of the molecule is c1ccc(-c2ccc3oc4ccc(-c5cc(-n6c7ccccc7c7ccccc76)cc(-n6c7ccccc7c7ccccc76)c5)cc4c3c2)cc1. The quantitative estimate of drug-likeness (QED) is 0.186. The maximum absolute atomic E-state index is 6.38. The average molecular weight is 651 g/mol. The summed E-state index contributed by atoms with van der Waals surface area (Å²) in [5.41, 5.74) is 13.4. The Morgan fingerprint density at radius 1 is 0.275 bits per heavy atom. The standard InChI is InChI=1S/C48H30N2O/c1-2-12-31(13-3-1)32-22-24-47-41(28-32)42-29-33(23-25-48(42)51-47)34-26-35(49-43-18-8-4-14-37(43)38-15-5-9-19-44(38)49)30-36(27-34)50-45-20-10-6-16-39(45)40-17-7-11-21-46(40)50/h1-30H. The average Bonchev–Trinajstić information content (AvgIpc) is 3.85. The maximum Gasteiger partial charge on any atom is 0.135 e. The number of nitrogens with zero attached hydrogens (tertiary/aromatic N) is 2. The third kappa shape index (κ3) is 4.25. The van der Waals surface area contributed by atoms with Crippen LogP contribution >= 0.6 is 0 Å². The Kier molecular flexibility index (Phi) is 5.96. The van der Waals surface area contributed by atoms with E-state index in [1.54, 1.807) is 0 Å². The molecule has 0 amide bonds. The van der Waals surface area contributed by atoms with Crippen LogP contribution in [-0.4, -0.2) is 9.13 Å². The minimum atomic E-state index is 0.889. The Morgan fingerprint density at radius 2 is 0.667 bits per heavy atom. The Balaban J connectivity index is 1.20. The predicted octanol–water partition coefficient (Wildman–Crippen LogP) is 13.1. The van der Waals surface area contributed by atoms with Gasteiger partial charge in [-0.05, 0) is 89.0 Å². The molecule has 3 nitrogen and oxygen atoms in total. The number of aromatic nitrogens is 2. The van der Waals surface area contributed by atoms with Crippen molar-refractivity contribution in [1.82, 2.24) is 9.13 Å². The van der Waals surface area contributed by atoms with Crippen LogP contribution in [0.25, 0.3) is 99.2 Å². The van der Waals surface area contributed by atoms with E-state index in [0.29, 0.717) is 0 Å². The lowest BCUT2D eigenvalue weighted by molar-refractivity contribution is 0.669. The van der Waals surface area contributed by atoms with Crippen LogP contribution in [0.5, 0.6) is 0 Å². The molecule has 0 N–H and O–H groups in total. The maximum atomic E-state index is 6.38. The summed E-state index contributed by atoms with van der Waals surface area (Å²) >= 11 is 0. The number of fused-ring (bicyclic) bond motifs is 9. The zero-order valence-electron chi connectivity index (χ0n) is 27.6. The van der Waals surface area contributed by atoms with Gasteiger partial charge in [0.25, 0.3) is 0 Å². The number of para-hydroxylation sites is 4. The molecular formula is C48H30N2O. The molecule has 51 heavy (non-hydrogen) atoms. The van der Waals surface area contributed by atoms with Gasteiger partial charge in [0, 0.05) is 43.7 Å². The van der Waals surface area contributed by atoms with Gasteiger partial charge in [-0.3, -0.25) is 0 Å². The highest BCUT2D eigenvalue weighted by atomic mass is 16.3. The van der Waals surface area contributed by atoms with Crippen molar-refractivity contribution < 1.29 is 4.42 Å². The van der Waals surface area contributed by atoms with Crippen LogP contribution in [0.2, 0.25) is 0 Å². The van der Waals surface area contributed by atoms with E-state index in [-0.39, 0.29) is 0 Å². The Bertz CT molecular complexity index is 2900. The first-order chi connectivity index (χ1) is 25.3. The second-order valence-corrected chi connectivity index (χ2v) is 13.4. The highest BCUT2D eigenvalue weighted by Gasteiger charge is 2.18. The summed E-state index contributed by atoms with van der Waals surface area (Å²) in [7, 11) is 0. The first kappa shape index (κ1) is 28.0. The molecule has 0 saturated carbocycles. The van der Waals surface area contributed by atoms with Crippen molar-refractivity contribution in [1.29, 1.82) is 0 Å². The monoisotopic (exact) mass is 650 g/mol. The van der Waals surface area contributed by atoms with Gasteiger partial charge in [0.05, 0.1) is 22.1 Å². The summed E-state index contributed by atoms with van der Waals surface area (Å²) in [6.07, 6.45) is 0. The van der Waals surface area contributed by atoms with Crippen molar-refractivity contribution in [3.05, 3.63) is 182 Å². The largest absolute Gasteiger partial charge is 0.456 e. The molecule has 0 aliphatic carbocycles. The number of benzene rings is 8. The van der Waals surface area contributed by atoms with Gasteiger partial charge in [-0.15, -0.1) is 0 Å². The molecule has 0 aliphatic rings. The first-order valence-electron chi connectivity index (χ1n) is 17.4. The highest BCUT2D eigenvalue weighted by molar-refractivity contribution is 6.11. The number of hydrogen-bond donors (Lipinski definition) is 0. The van der Waals surface area contributed by atoms with Gasteiger partial charge in [0.1, 0.15) is 11.2 Å². The minimum absolute atomic E-state index is 0.889. The van der Waals surface area contributed by atoms with Crippen molar-refractivity contribution in [3.63, 3.8) is 0 Å². The molecule has 11 aromatic rings. The van der Waals surface area contributed by atoms with Gasteiger partial charge in [0.2, 0.25) is 0 Å². The summed E-state index contributed by atoms with van der Waals surface area (Å²) in [5, 5.41) is 7.22. The second-order valence-electron chi connectivity index (χ2n) is 13.4. The van der Waals surface area contributed by atoms with Crippen molar-refractivity contribution >= 4 is 65.6 Å². The zero-order valence-corrected chi connectivity index (χ0v) is 27.6. The van der Waals surface area contributed by atoms with Gasteiger partial charge in [-0.1, -0.05) is 115 Å². The highest BCUT2D eigenvalue weighted by Crippen LogP contribution is 2.40. The molecule has 8 aromatic carbocycles. The van der Waals surface area contributed by atoms with E-state index in [1.165, 1.54) is 54.7 Å². The molecule has 3 heterocycles. The van der Waals surface area contributed by atoms with Crippen LogP contribution in [0.3, 0.4) is 0 Å². The lowest BCUT2D eigenvalue weighted by atomic mass is 9.99. The van der Waals surface area contributed by atoms with E-state index >= 15 is 0 Å². The molecule has 238 valence electrons. The molecule has 0 fully saturated rings. The number of hydrogen-bond acceptors (Lipinski definition) is 1. The fraction of sp³-hybridized carbons (Fsp3) is 0. The molecule has 3 heteroatoms. The molecule has 0 aliphatic heterocycles. The number of furan rings is 1. The normalized spacial score (nSPS) is 11.9. The molecule has 0 radical (unpaired) electrons. The van der Waals surface area contributed by atoms with E-state index in [4.69, 9.17) is 4.42 Å². The fourth-order valence-corrected chi connectivity index (χ4v) is 8.19. The molecule has 3 aromatic heterocycles. The van der Waals surface area contributed by atoms with Gasteiger partial charge >= 0.3 is 0 Å². The summed E-state index contributed by atoms with van der Waals surface area (Å²) < 4.78 is 11.2. The van der Waals surface area contributed by atoms with Crippen LogP contribution in [0, 0.1) is 0 Å². The molecule has 0 bridgehead atoms. The van der Waals surface area contributed by atoms with Crippen LogP contribution in [0.4, 0.5) is 0 Å². The van der Waals surface area contributed by atoms with Crippen LogP contribution in [0.1, 0.15) is 0 Å². The first-order valence-corrected chi connectivity index (χ1v) is 17.4. The van der Waals surface area contributed by atoms with Gasteiger partial charge < -0.3 is 13.6 Å². The van der Waals surface area contributed by atoms with Gasteiger partial charge in [-0.25, -0.2) is 0 Å². The summed E-state index contributed by atoms with van der Waals surface area (Å²) in [5.74, 6) is 0. The summed E-state index contributed by atoms with van der Waals surface area (Å²) in [6.45, 7) is 0. The molecule has 0 unspecified atom stereocenters. The molecule has 11 rings (SSSR count). The van der Waals surface area contributed by atoms with E-state index in [9.17, 15) is 0 Å². The van der Waals surface area contributed by atoms with Crippen LogP contribution < -0.4 is 0 Å². The van der Waals surface area contributed by atoms with Crippen molar-refractivity contribution in [3.8, 4) is 33.6 Å². The molecule has 0 spiro atoms. The van der Waals surface area contributed by atoms with Crippen LogP contribution in [0.15, 0.2) is 186 Å². The smallest absolute Gasteiger partial charge is 0.135 e.